The standard InChI is InChI=1S/C16H22N2O3/c1-13-5-7-14(8-6-13)21-11-2-4-16(20)18-10-3-9-17-15(19)12-18/h5-8H,2-4,9-12H2,1H3,(H,17,19). The molecule has 1 N–H and O–H groups in total. The lowest BCUT2D eigenvalue weighted by atomic mass is 10.2. The molecule has 1 heterocycles. The Morgan fingerprint density at radius 2 is 2.10 bits per heavy atom. The average Bonchev–Trinajstić information content (AvgIpc) is 2.70. The Hall–Kier alpha value is -2.04. The number of carbonyl (C=O) groups excluding carboxylic acids is 2. The molecule has 5 nitrogen and oxygen atoms in total. The number of hydrogen-bond acceptors (Lipinski definition) is 3. The summed E-state index contributed by atoms with van der Waals surface area (Å²) in [5.74, 6) is 0.776. The fourth-order valence-electron chi connectivity index (χ4n) is 2.22. The highest BCUT2D eigenvalue weighted by Gasteiger charge is 2.18. The summed E-state index contributed by atoms with van der Waals surface area (Å²) in [7, 11) is 0. The molecular formula is C16H22N2O3. The third kappa shape index (κ3) is 5.10. The van der Waals surface area contributed by atoms with E-state index in [1.54, 1.807) is 4.90 Å². The fourth-order valence-corrected chi connectivity index (χ4v) is 2.22. The maximum atomic E-state index is 12.0. The minimum atomic E-state index is -0.0724. The summed E-state index contributed by atoms with van der Waals surface area (Å²) in [5, 5.41) is 2.77. The molecule has 0 unspecified atom stereocenters. The monoisotopic (exact) mass is 290 g/mol. The summed E-state index contributed by atoms with van der Waals surface area (Å²) >= 11 is 0. The predicted molar refractivity (Wildman–Crippen MR) is 80.1 cm³/mol. The van der Waals surface area contributed by atoms with E-state index < -0.39 is 0 Å². The van der Waals surface area contributed by atoms with Crippen molar-refractivity contribution < 1.29 is 14.3 Å². The maximum Gasteiger partial charge on any atom is 0.239 e. The van der Waals surface area contributed by atoms with E-state index in [2.05, 4.69) is 5.32 Å². The lowest BCUT2D eigenvalue weighted by Crippen LogP contribution is -2.37. The fraction of sp³-hybridized carbons (Fsp3) is 0.500. The molecule has 21 heavy (non-hydrogen) atoms. The highest BCUT2D eigenvalue weighted by atomic mass is 16.5. The van der Waals surface area contributed by atoms with Crippen LogP contribution in [0.15, 0.2) is 24.3 Å². The number of nitrogens with one attached hydrogen (secondary N) is 1. The van der Waals surface area contributed by atoms with Crippen LogP contribution in [-0.4, -0.2) is 43.0 Å². The van der Waals surface area contributed by atoms with Gasteiger partial charge in [-0.05, 0) is 31.9 Å². The zero-order valence-electron chi connectivity index (χ0n) is 12.4. The Kier molecular flexibility index (Phi) is 5.60. The second-order valence-corrected chi connectivity index (χ2v) is 5.28. The lowest BCUT2D eigenvalue weighted by Gasteiger charge is -2.18. The Morgan fingerprint density at radius 3 is 2.86 bits per heavy atom. The van der Waals surface area contributed by atoms with E-state index in [1.807, 2.05) is 31.2 Å². The van der Waals surface area contributed by atoms with Gasteiger partial charge in [0.1, 0.15) is 5.75 Å². The van der Waals surface area contributed by atoms with Crippen molar-refractivity contribution in [2.45, 2.75) is 26.2 Å². The Bertz CT molecular complexity index is 485. The molecule has 0 aromatic heterocycles. The van der Waals surface area contributed by atoms with Crippen LogP contribution in [0.2, 0.25) is 0 Å². The first-order valence-corrected chi connectivity index (χ1v) is 7.39. The summed E-state index contributed by atoms with van der Waals surface area (Å²) in [6.45, 7) is 4.02. The number of ether oxygens (including phenoxy) is 1. The number of carbonyl (C=O) groups is 2. The van der Waals surface area contributed by atoms with E-state index in [9.17, 15) is 9.59 Å². The van der Waals surface area contributed by atoms with Gasteiger partial charge in [-0.15, -0.1) is 0 Å². The Morgan fingerprint density at radius 1 is 1.33 bits per heavy atom. The number of aryl methyl sites for hydroxylation is 1. The molecule has 1 aliphatic rings. The third-order valence-electron chi connectivity index (χ3n) is 3.44. The molecule has 1 fully saturated rings. The summed E-state index contributed by atoms with van der Waals surface area (Å²) in [5.41, 5.74) is 1.19. The number of benzene rings is 1. The maximum absolute atomic E-state index is 12.0. The molecular weight excluding hydrogens is 268 g/mol. The number of nitrogens with zero attached hydrogens (tertiary/aromatic N) is 1. The normalized spacial score (nSPS) is 15.3. The Labute approximate surface area is 125 Å². The van der Waals surface area contributed by atoms with Crippen LogP contribution in [0.5, 0.6) is 5.75 Å². The predicted octanol–water partition coefficient (Wildman–Crippen LogP) is 1.50. The summed E-state index contributed by atoms with van der Waals surface area (Å²) in [6, 6.07) is 7.85. The Balaban J connectivity index is 1.69. The zero-order valence-corrected chi connectivity index (χ0v) is 12.4. The molecule has 0 radical (unpaired) electrons. The molecule has 2 amide bonds. The highest BCUT2D eigenvalue weighted by molar-refractivity contribution is 5.85. The van der Waals surface area contributed by atoms with Gasteiger partial charge in [-0.25, -0.2) is 0 Å². The molecule has 1 saturated heterocycles. The van der Waals surface area contributed by atoms with Crippen LogP contribution in [0.25, 0.3) is 0 Å². The average molecular weight is 290 g/mol. The van der Waals surface area contributed by atoms with Gasteiger partial charge < -0.3 is 15.0 Å². The van der Waals surface area contributed by atoms with E-state index in [1.165, 1.54) is 5.56 Å². The lowest BCUT2D eigenvalue weighted by molar-refractivity contribution is -0.135. The van der Waals surface area contributed by atoms with E-state index >= 15 is 0 Å². The van der Waals surface area contributed by atoms with E-state index in [0.29, 0.717) is 32.5 Å². The van der Waals surface area contributed by atoms with Gasteiger partial charge in [0, 0.05) is 19.5 Å². The van der Waals surface area contributed by atoms with Crippen molar-refractivity contribution in [3.63, 3.8) is 0 Å². The van der Waals surface area contributed by atoms with Crippen molar-refractivity contribution in [1.82, 2.24) is 10.2 Å². The molecule has 114 valence electrons. The minimum Gasteiger partial charge on any atom is -0.494 e. The van der Waals surface area contributed by atoms with Crippen LogP contribution < -0.4 is 10.1 Å². The van der Waals surface area contributed by atoms with Gasteiger partial charge in [0.2, 0.25) is 11.8 Å². The van der Waals surface area contributed by atoms with Gasteiger partial charge in [-0.3, -0.25) is 9.59 Å². The van der Waals surface area contributed by atoms with Crippen LogP contribution in [0.4, 0.5) is 0 Å². The van der Waals surface area contributed by atoms with E-state index in [-0.39, 0.29) is 18.4 Å². The number of amides is 2. The van der Waals surface area contributed by atoms with Crippen LogP contribution in [0.1, 0.15) is 24.8 Å². The van der Waals surface area contributed by atoms with Crippen LogP contribution >= 0.6 is 0 Å². The van der Waals surface area contributed by atoms with E-state index in [0.717, 1.165) is 12.2 Å². The molecule has 0 spiro atoms. The van der Waals surface area contributed by atoms with Crippen molar-refractivity contribution >= 4 is 11.8 Å². The molecule has 0 aliphatic carbocycles. The minimum absolute atomic E-state index is 0.0274. The second kappa shape index (κ2) is 7.67. The van der Waals surface area contributed by atoms with Crippen LogP contribution in [-0.2, 0) is 9.59 Å². The van der Waals surface area contributed by atoms with Crippen LogP contribution in [0, 0.1) is 6.92 Å². The third-order valence-corrected chi connectivity index (χ3v) is 3.44. The van der Waals surface area contributed by atoms with Gasteiger partial charge in [0.15, 0.2) is 0 Å². The van der Waals surface area contributed by atoms with Gasteiger partial charge in [-0.1, -0.05) is 17.7 Å². The molecule has 1 aliphatic heterocycles. The van der Waals surface area contributed by atoms with Crippen LogP contribution in [0.3, 0.4) is 0 Å². The molecule has 1 aromatic rings. The zero-order chi connectivity index (χ0) is 15.1. The number of rotatable bonds is 5. The van der Waals surface area contributed by atoms with Gasteiger partial charge >= 0.3 is 0 Å². The first-order valence-electron chi connectivity index (χ1n) is 7.39. The smallest absolute Gasteiger partial charge is 0.239 e. The topological polar surface area (TPSA) is 58.6 Å². The molecule has 0 saturated carbocycles. The van der Waals surface area contributed by atoms with Gasteiger partial charge in [-0.2, -0.15) is 0 Å². The van der Waals surface area contributed by atoms with Crippen molar-refractivity contribution in [3.05, 3.63) is 29.8 Å². The molecule has 0 atom stereocenters. The quantitative estimate of drug-likeness (QED) is 0.836. The molecule has 2 rings (SSSR count). The molecule has 0 bridgehead atoms. The van der Waals surface area contributed by atoms with Crippen molar-refractivity contribution in [1.29, 1.82) is 0 Å². The molecule has 5 heteroatoms. The van der Waals surface area contributed by atoms with Gasteiger partial charge in [0.25, 0.3) is 0 Å². The largest absolute Gasteiger partial charge is 0.494 e. The summed E-state index contributed by atoms with van der Waals surface area (Å²) in [6.07, 6.45) is 1.89. The summed E-state index contributed by atoms with van der Waals surface area (Å²) in [4.78, 5) is 25.1. The van der Waals surface area contributed by atoms with Crippen molar-refractivity contribution in [2.75, 3.05) is 26.2 Å². The molecule has 1 aromatic carbocycles. The van der Waals surface area contributed by atoms with Crippen molar-refractivity contribution in [2.24, 2.45) is 0 Å². The van der Waals surface area contributed by atoms with E-state index in [4.69, 9.17) is 4.74 Å². The SMILES string of the molecule is Cc1ccc(OCCCC(=O)N2CCCNC(=O)C2)cc1. The summed E-state index contributed by atoms with van der Waals surface area (Å²) < 4.78 is 5.59. The number of hydrogen-bond donors (Lipinski definition) is 1. The first-order chi connectivity index (χ1) is 10.1. The second-order valence-electron chi connectivity index (χ2n) is 5.28. The van der Waals surface area contributed by atoms with Gasteiger partial charge in [0.05, 0.1) is 13.2 Å². The first kappa shape index (κ1) is 15.4. The van der Waals surface area contributed by atoms with Crippen molar-refractivity contribution in [3.8, 4) is 5.75 Å². The highest BCUT2D eigenvalue weighted by Crippen LogP contribution is 2.12.